The average molecular weight is 311 g/mol. The van der Waals surface area contributed by atoms with Crippen molar-refractivity contribution in [3.05, 3.63) is 64.7 Å². The van der Waals surface area contributed by atoms with Gasteiger partial charge in [-0.3, -0.25) is 0 Å². The third kappa shape index (κ3) is 2.55. The fourth-order valence-electron chi connectivity index (χ4n) is 3.40. The van der Waals surface area contributed by atoms with E-state index in [1.54, 1.807) is 20.8 Å². The molecule has 0 aromatic heterocycles. The Labute approximate surface area is 138 Å². The van der Waals surface area contributed by atoms with E-state index in [0.29, 0.717) is 12.5 Å². The second kappa shape index (κ2) is 5.92. The van der Waals surface area contributed by atoms with Crippen LogP contribution < -0.4 is 0 Å². The van der Waals surface area contributed by atoms with Gasteiger partial charge in [0.15, 0.2) is 0 Å². The topological polar surface area (TPSA) is 9.23 Å². The summed E-state index contributed by atoms with van der Waals surface area (Å²) >= 11 is 1.77. The van der Waals surface area contributed by atoms with Crippen LogP contribution in [0.3, 0.4) is 0 Å². The van der Waals surface area contributed by atoms with Gasteiger partial charge in [0.05, 0.1) is 0 Å². The molecule has 0 fully saturated rings. The number of fused-ring (bicyclic) bond motifs is 1. The van der Waals surface area contributed by atoms with Crippen molar-refractivity contribution in [3.8, 4) is 0 Å². The molecule has 3 rings (SSSR count). The van der Waals surface area contributed by atoms with E-state index >= 15 is 0 Å². The van der Waals surface area contributed by atoms with Gasteiger partial charge in [-0.1, -0.05) is 0 Å². The molecule has 1 aliphatic carbocycles. The first-order valence-electron chi connectivity index (χ1n) is 7.32. The zero-order chi connectivity index (χ0) is 15.0. The van der Waals surface area contributed by atoms with E-state index in [2.05, 4.69) is 63.2 Å². The molecular formula is C19H19OTi. The van der Waals surface area contributed by atoms with E-state index in [-0.39, 0.29) is 0 Å². The summed E-state index contributed by atoms with van der Waals surface area (Å²) in [6.07, 6.45) is 2.36. The Morgan fingerprint density at radius 2 is 1.86 bits per heavy atom. The van der Waals surface area contributed by atoms with Gasteiger partial charge >= 0.3 is 139 Å². The first-order valence-corrected chi connectivity index (χ1v) is 7.96. The number of benzene rings is 2. The van der Waals surface area contributed by atoms with E-state index in [1.165, 1.54) is 38.6 Å². The van der Waals surface area contributed by atoms with Crippen LogP contribution in [0.5, 0.6) is 0 Å². The predicted octanol–water partition coefficient (Wildman–Crippen LogP) is 5.19. The van der Waals surface area contributed by atoms with Gasteiger partial charge in [0, 0.05) is 0 Å². The molecule has 0 amide bonds. The molecule has 0 aliphatic heterocycles. The molecule has 0 heterocycles. The van der Waals surface area contributed by atoms with E-state index in [0.717, 1.165) is 0 Å². The van der Waals surface area contributed by atoms with E-state index in [1.807, 2.05) is 0 Å². The van der Waals surface area contributed by atoms with Crippen molar-refractivity contribution in [2.45, 2.75) is 27.4 Å². The van der Waals surface area contributed by atoms with Crippen molar-refractivity contribution in [2.75, 3.05) is 0 Å². The molecule has 0 saturated carbocycles. The summed E-state index contributed by atoms with van der Waals surface area (Å²) in [6, 6.07) is 13.0. The molecule has 1 aliphatic rings. The number of hydrogen-bond acceptors (Lipinski definition) is 1. The first kappa shape index (κ1) is 14.8. The summed E-state index contributed by atoms with van der Waals surface area (Å²) in [5.74, 6) is 0.474. The maximum atomic E-state index is 5.49. The SMILES string of the molecule is CC1=CC(C)C(c2ccc3ccccc3c2C[O][Ti])=C1C. The van der Waals surface area contributed by atoms with E-state index < -0.39 is 0 Å². The second-order valence-corrected chi connectivity index (χ2v) is 6.23. The summed E-state index contributed by atoms with van der Waals surface area (Å²) in [5, 5.41) is 2.58. The van der Waals surface area contributed by atoms with Gasteiger partial charge in [0.2, 0.25) is 0 Å². The van der Waals surface area contributed by atoms with Gasteiger partial charge < -0.3 is 0 Å². The van der Waals surface area contributed by atoms with Crippen LogP contribution in [-0.4, -0.2) is 0 Å². The zero-order valence-electron chi connectivity index (χ0n) is 12.7. The normalized spacial score (nSPS) is 18.4. The second-order valence-electron chi connectivity index (χ2n) is 5.78. The molecule has 2 heteroatoms. The Kier molecular flexibility index (Phi) is 4.17. The molecule has 0 N–H and O–H groups in total. The molecule has 0 radical (unpaired) electrons. The summed E-state index contributed by atoms with van der Waals surface area (Å²) in [4.78, 5) is 0. The molecule has 2 aromatic carbocycles. The van der Waals surface area contributed by atoms with Crippen molar-refractivity contribution in [2.24, 2.45) is 5.92 Å². The van der Waals surface area contributed by atoms with Crippen LogP contribution in [0, 0.1) is 5.92 Å². The maximum absolute atomic E-state index is 5.49. The number of rotatable bonds is 3. The molecular weight excluding hydrogens is 292 g/mol. The van der Waals surface area contributed by atoms with Gasteiger partial charge in [-0.25, -0.2) is 0 Å². The van der Waals surface area contributed by atoms with Crippen molar-refractivity contribution in [3.63, 3.8) is 0 Å². The molecule has 1 nitrogen and oxygen atoms in total. The summed E-state index contributed by atoms with van der Waals surface area (Å²) in [6.45, 7) is 7.37. The van der Waals surface area contributed by atoms with Crippen molar-refractivity contribution < 1.29 is 24.1 Å². The zero-order valence-corrected chi connectivity index (χ0v) is 14.3. The van der Waals surface area contributed by atoms with Gasteiger partial charge in [-0.15, -0.1) is 0 Å². The Morgan fingerprint density at radius 3 is 2.52 bits per heavy atom. The van der Waals surface area contributed by atoms with Gasteiger partial charge in [0.25, 0.3) is 0 Å². The average Bonchev–Trinajstić information content (AvgIpc) is 2.73. The van der Waals surface area contributed by atoms with Crippen molar-refractivity contribution >= 4 is 16.3 Å². The van der Waals surface area contributed by atoms with Crippen LogP contribution in [-0.2, 0) is 30.7 Å². The van der Waals surface area contributed by atoms with Crippen LogP contribution in [0.2, 0.25) is 0 Å². The fraction of sp³-hybridized carbons (Fsp3) is 0.263. The van der Waals surface area contributed by atoms with Gasteiger partial charge in [-0.2, -0.15) is 0 Å². The summed E-state index contributed by atoms with van der Waals surface area (Å²) < 4.78 is 5.49. The first-order chi connectivity index (χ1) is 10.1. The molecule has 105 valence electrons. The van der Waals surface area contributed by atoms with Crippen molar-refractivity contribution in [1.82, 2.24) is 0 Å². The van der Waals surface area contributed by atoms with Crippen molar-refractivity contribution in [1.29, 1.82) is 0 Å². The minimum atomic E-state index is 0.474. The van der Waals surface area contributed by atoms with Crippen LogP contribution in [0.25, 0.3) is 16.3 Å². The van der Waals surface area contributed by atoms with Crippen LogP contribution >= 0.6 is 0 Å². The molecule has 1 unspecified atom stereocenters. The molecule has 21 heavy (non-hydrogen) atoms. The standard InChI is InChI=1S/C19H19O.Ti/c1-12-10-13(2)19(14(12)3)17-9-8-15-6-4-5-7-16(15)18(17)11-20;/h4-10,13H,11H2,1-3H3;/q-1;+1. The molecule has 1 atom stereocenters. The van der Waals surface area contributed by atoms with Crippen LogP contribution in [0.1, 0.15) is 31.9 Å². The monoisotopic (exact) mass is 311 g/mol. The Hall–Kier alpha value is -1.15. The quantitative estimate of drug-likeness (QED) is 0.709. The van der Waals surface area contributed by atoms with Gasteiger partial charge in [-0.05, 0) is 0 Å². The van der Waals surface area contributed by atoms with Crippen LogP contribution in [0.15, 0.2) is 53.6 Å². The molecule has 0 spiro atoms. The van der Waals surface area contributed by atoms with Crippen LogP contribution in [0.4, 0.5) is 0 Å². The molecule has 0 saturated heterocycles. The minimum absolute atomic E-state index is 0.474. The number of hydrogen-bond donors (Lipinski definition) is 0. The predicted molar refractivity (Wildman–Crippen MR) is 84.3 cm³/mol. The Morgan fingerprint density at radius 1 is 1.10 bits per heavy atom. The summed E-state index contributed by atoms with van der Waals surface area (Å²) in [7, 11) is 0. The molecule has 0 bridgehead atoms. The number of allylic oxidation sites excluding steroid dienone is 4. The molecule has 2 aromatic rings. The summed E-state index contributed by atoms with van der Waals surface area (Å²) in [5.41, 5.74) is 6.91. The van der Waals surface area contributed by atoms with Gasteiger partial charge in [0.1, 0.15) is 0 Å². The third-order valence-corrected chi connectivity index (χ3v) is 4.72. The fourth-order valence-corrected chi connectivity index (χ4v) is 3.63. The van der Waals surface area contributed by atoms with E-state index in [4.69, 9.17) is 3.32 Å². The Bertz CT molecular complexity index is 755. The van der Waals surface area contributed by atoms with E-state index in [9.17, 15) is 0 Å². The third-order valence-electron chi connectivity index (χ3n) is 4.50. The Balaban J connectivity index is 2.26.